The molecule has 4 nitrogen and oxygen atoms in total. The van der Waals surface area contributed by atoms with Crippen molar-refractivity contribution in [3.8, 4) is 0 Å². The topological polar surface area (TPSA) is 49.4 Å². The number of benzene rings is 4. The minimum atomic E-state index is -0.645. The Balaban J connectivity index is 1.50. The molecule has 0 saturated heterocycles. The first kappa shape index (κ1) is 28.6. The molecule has 0 aliphatic heterocycles. The summed E-state index contributed by atoms with van der Waals surface area (Å²) in [7, 11) is 0. The van der Waals surface area contributed by atoms with E-state index in [1.54, 1.807) is 4.90 Å². The summed E-state index contributed by atoms with van der Waals surface area (Å²) in [6.45, 7) is 0.321. The molecule has 2 amide bonds. The van der Waals surface area contributed by atoms with E-state index in [1.165, 1.54) is 0 Å². The summed E-state index contributed by atoms with van der Waals surface area (Å²) in [6.07, 6.45) is 4.91. The summed E-state index contributed by atoms with van der Waals surface area (Å²) in [6, 6.07) is 37.3. The molecule has 0 aromatic heterocycles. The maximum Gasteiger partial charge on any atom is 0.243 e. The smallest absolute Gasteiger partial charge is 0.243 e. The Morgan fingerprint density at radius 1 is 0.732 bits per heavy atom. The number of hydrogen-bond donors (Lipinski definition) is 1. The minimum Gasteiger partial charge on any atom is -0.352 e. The van der Waals surface area contributed by atoms with Crippen molar-refractivity contribution in [1.82, 2.24) is 10.2 Å². The van der Waals surface area contributed by atoms with Crippen molar-refractivity contribution >= 4 is 23.4 Å². The molecule has 1 saturated carbocycles. The first-order valence-electron chi connectivity index (χ1n) is 14.5. The van der Waals surface area contributed by atoms with Gasteiger partial charge in [-0.05, 0) is 47.2 Å². The summed E-state index contributed by atoms with van der Waals surface area (Å²) in [5, 5.41) is 3.93. The Bertz CT molecular complexity index is 1350. The lowest BCUT2D eigenvalue weighted by atomic mass is 9.87. The largest absolute Gasteiger partial charge is 0.352 e. The summed E-state index contributed by atoms with van der Waals surface area (Å²) in [5.41, 5.74) is 4.11. The number of carbonyl (C=O) groups excluding carboxylic acids is 2. The molecular weight excluding hydrogens is 528 g/mol. The lowest BCUT2D eigenvalue weighted by Crippen LogP contribution is -2.52. The monoisotopic (exact) mass is 564 g/mol. The van der Waals surface area contributed by atoms with Crippen LogP contribution in [0.25, 0.3) is 0 Å². The van der Waals surface area contributed by atoms with E-state index in [1.807, 2.05) is 91.0 Å². The molecule has 4 aromatic rings. The van der Waals surface area contributed by atoms with E-state index in [0.29, 0.717) is 18.0 Å². The average molecular weight is 565 g/mol. The third-order valence-corrected chi connectivity index (χ3v) is 8.27. The Kier molecular flexibility index (Phi) is 9.87. The molecule has 1 unspecified atom stereocenters. The second-order valence-corrected chi connectivity index (χ2v) is 11.4. The van der Waals surface area contributed by atoms with Crippen LogP contribution in [0.1, 0.15) is 60.3 Å². The first-order valence-corrected chi connectivity index (χ1v) is 14.9. The van der Waals surface area contributed by atoms with Gasteiger partial charge in [-0.15, -0.1) is 0 Å². The molecule has 0 bridgehead atoms. The fourth-order valence-corrected chi connectivity index (χ4v) is 5.92. The molecular formula is C36H37ClN2O2. The number of halogens is 1. The van der Waals surface area contributed by atoms with Gasteiger partial charge < -0.3 is 10.2 Å². The van der Waals surface area contributed by atoms with Gasteiger partial charge in [-0.1, -0.05) is 128 Å². The molecule has 5 heteroatoms. The van der Waals surface area contributed by atoms with E-state index in [-0.39, 0.29) is 30.2 Å². The number of carbonyl (C=O) groups is 2. The van der Waals surface area contributed by atoms with Crippen LogP contribution in [0.5, 0.6) is 0 Å². The van der Waals surface area contributed by atoms with E-state index >= 15 is 0 Å². The summed E-state index contributed by atoms with van der Waals surface area (Å²) >= 11 is 6.19. The van der Waals surface area contributed by atoms with Crippen molar-refractivity contribution in [2.45, 2.75) is 63.1 Å². The Morgan fingerprint density at radius 3 is 1.83 bits per heavy atom. The van der Waals surface area contributed by atoms with Crippen molar-refractivity contribution in [3.05, 3.63) is 143 Å². The highest BCUT2D eigenvalue weighted by molar-refractivity contribution is 6.30. The number of nitrogens with one attached hydrogen (secondary N) is 1. The second-order valence-electron chi connectivity index (χ2n) is 10.9. The van der Waals surface area contributed by atoms with Gasteiger partial charge in [0.2, 0.25) is 11.8 Å². The van der Waals surface area contributed by atoms with Gasteiger partial charge in [0.05, 0.1) is 0 Å². The molecule has 1 fully saturated rings. The molecule has 0 radical (unpaired) electrons. The molecule has 0 heterocycles. The summed E-state index contributed by atoms with van der Waals surface area (Å²) in [5.74, 6) is -0.271. The molecule has 1 aliphatic carbocycles. The van der Waals surface area contributed by atoms with Gasteiger partial charge in [0.1, 0.15) is 6.04 Å². The second kappa shape index (κ2) is 14.1. The highest BCUT2D eigenvalue weighted by Gasteiger charge is 2.33. The van der Waals surface area contributed by atoms with E-state index in [0.717, 1.165) is 47.9 Å². The molecule has 0 spiro atoms. The fraction of sp³-hybridized carbons (Fsp3) is 0.278. The van der Waals surface area contributed by atoms with Crippen molar-refractivity contribution in [2.24, 2.45) is 0 Å². The van der Waals surface area contributed by atoms with E-state index in [9.17, 15) is 9.59 Å². The van der Waals surface area contributed by atoms with Gasteiger partial charge in [0.25, 0.3) is 0 Å². The van der Waals surface area contributed by atoms with Gasteiger partial charge in [-0.2, -0.15) is 0 Å². The van der Waals surface area contributed by atoms with Crippen LogP contribution in [0.3, 0.4) is 0 Å². The Hall–Kier alpha value is -3.89. The minimum absolute atomic E-state index is 0.0554. The summed E-state index contributed by atoms with van der Waals surface area (Å²) in [4.78, 5) is 30.2. The molecule has 5 rings (SSSR count). The SMILES string of the molecule is O=C(NC1CCCC1)C(Cc1ccccc1)N(Cc1ccc(Cl)cc1)C(=O)CC(c1ccccc1)c1ccccc1. The lowest BCUT2D eigenvalue weighted by molar-refractivity contribution is -0.141. The third-order valence-electron chi connectivity index (χ3n) is 8.02. The average Bonchev–Trinajstić information content (AvgIpc) is 3.53. The van der Waals surface area contributed by atoms with Gasteiger partial charge in [-0.3, -0.25) is 9.59 Å². The molecule has 1 atom stereocenters. The molecule has 1 aliphatic rings. The zero-order valence-corrected chi connectivity index (χ0v) is 24.0. The van der Waals surface area contributed by atoms with Crippen molar-refractivity contribution in [2.75, 3.05) is 0 Å². The fourth-order valence-electron chi connectivity index (χ4n) is 5.80. The third kappa shape index (κ3) is 7.86. The highest BCUT2D eigenvalue weighted by Crippen LogP contribution is 2.30. The zero-order chi connectivity index (χ0) is 28.4. The number of amides is 2. The maximum atomic E-state index is 14.5. The van der Waals surface area contributed by atoms with Crippen LogP contribution in [-0.4, -0.2) is 28.8 Å². The molecule has 41 heavy (non-hydrogen) atoms. The van der Waals surface area contributed by atoms with E-state index in [4.69, 9.17) is 11.6 Å². The van der Waals surface area contributed by atoms with Gasteiger partial charge >= 0.3 is 0 Å². The molecule has 4 aromatic carbocycles. The van der Waals surface area contributed by atoms with Crippen molar-refractivity contribution < 1.29 is 9.59 Å². The number of nitrogens with zero attached hydrogens (tertiary/aromatic N) is 1. The summed E-state index contributed by atoms with van der Waals surface area (Å²) < 4.78 is 0. The van der Waals surface area contributed by atoms with Crippen molar-refractivity contribution in [3.63, 3.8) is 0 Å². The zero-order valence-electron chi connectivity index (χ0n) is 23.3. The quantitative estimate of drug-likeness (QED) is 0.204. The highest BCUT2D eigenvalue weighted by atomic mass is 35.5. The van der Waals surface area contributed by atoms with Gasteiger partial charge in [0, 0.05) is 36.4 Å². The predicted octanol–water partition coefficient (Wildman–Crippen LogP) is 7.56. The Morgan fingerprint density at radius 2 is 1.27 bits per heavy atom. The maximum absolute atomic E-state index is 14.5. The van der Waals surface area contributed by atoms with Crippen LogP contribution in [0.2, 0.25) is 5.02 Å². The number of hydrogen-bond acceptors (Lipinski definition) is 2. The Labute approximate surface area is 248 Å². The van der Waals surface area contributed by atoms with Crippen LogP contribution >= 0.6 is 11.6 Å². The van der Waals surface area contributed by atoms with Crippen molar-refractivity contribution in [1.29, 1.82) is 0 Å². The molecule has 210 valence electrons. The first-order chi connectivity index (χ1) is 20.1. The van der Waals surface area contributed by atoms with Crippen LogP contribution in [-0.2, 0) is 22.6 Å². The lowest BCUT2D eigenvalue weighted by Gasteiger charge is -2.33. The predicted molar refractivity (Wildman–Crippen MR) is 166 cm³/mol. The van der Waals surface area contributed by atoms with E-state index in [2.05, 4.69) is 29.6 Å². The van der Waals surface area contributed by atoms with Gasteiger partial charge in [0.15, 0.2) is 0 Å². The normalized spacial score (nSPS) is 14.1. The van der Waals surface area contributed by atoms with Gasteiger partial charge in [-0.25, -0.2) is 0 Å². The number of rotatable bonds is 11. The van der Waals surface area contributed by atoms with E-state index < -0.39 is 6.04 Å². The van der Waals surface area contributed by atoms with Crippen LogP contribution in [0.4, 0.5) is 0 Å². The van der Waals surface area contributed by atoms with Crippen LogP contribution in [0, 0.1) is 0 Å². The van der Waals surface area contributed by atoms with Crippen LogP contribution in [0.15, 0.2) is 115 Å². The molecule has 1 N–H and O–H groups in total. The standard InChI is InChI=1S/C36H37ClN2O2/c37-31-22-20-28(21-23-31)26-39(34(24-27-12-4-1-5-13-27)36(41)38-32-18-10-11-19-32)35(40)25-33(29-14-6-2-7-15-29)30-16-8-3-9-17-30/h1-9,12-17,20-23,32-34H,10-11,18-19,24-26H2,(H,38,41). The van der Waals surface area contributed by atoms with Crippen LogP contribution < -0.4 is 5.32 Å².